The molecule has 2 bridgehead atoms. The summed E-state index contributed by atoms with van der Waals surface area (Å²) in [5.74, 6) is 4.57. The number of nitrogens with one attached hydrogen (secondary N) is 1. The lowest BCUT2D eigenvalue weighted by molar-refractivity contribution is 0.667. The normalized spacial score (nSPS) is 19.5. The van der Waals surface area contributed by atoms with Gasteiger partial charge in [0.1, 0.15) is 0 Å². The Morgan fingerprint density at radius 2 is 1.53 bits per heavy atom. The van der Waals surface area contributed by atoms with Crippen LogP contribution in [0.2, 0.25) is 0 Å². The predicted molar refractivity (Wildman–Crippen MR) is 78.7 cm³/mol. The highest BCUT2D eigenvalue weighted by Crippen LogP contribution is 2.15. The van der Waals surface area contributed by atoms with Crippen LogP contribution in [0, 0.1) is 0 Å². The van der Waals surface area contributed by atoms with Crippen molar-refractivity contribution in [2.45, 2.75) is 24.3 Å². The second kappa shape index (κ2) is 8.01. The number of aromatic nitrogens is 1. The minimum Gasteiger partial charge on any atom is -0.317 e. The van der Waals surface area contributed by atoms with E-state index >= 15 is 0 Å². The first kappa shape index (κ1) is 13.2. The molecule has 1 aromatic heterocycles. The number of hydrogen-bond donors (Lipinski definition) is 1. The number of rotatable bonds is 0. The fraction of sp³-hybridized carbons (Fsp3) is 0.615. The molecule has 2 nitrogen and oxygen atoms in total. The van der Waals surface area contributed by atoms with Crippen molar-refractivity contribution in [1.29, 1.82) is 0 Å². The predicted octanol–water partition coefficient (Wildman–Crippen LogP) is 2.93. The molecule has 4 heteroatoms. The highest BCUT2D eigenvalue weighted by Gasteiger charge is 2.00. The van der Waals surface area contributed by atoms with E-state index in [1.807, 2.05) is 23.5 Å². The number of nitrogens with zero attached hydrogens (tertiary/aromatic N) is 1. The molecule has 0 amide bonds. The second-order valence-corrected chi connectivity index (χ2v) is 6.39. The highest BCUT2D eigenvalue weighted by atomic mass is 32.2. The van der Waals surface area contributed by atoms with Crippen molar-refractivity contribution in [3.05, 3.63) is 29.6 Å². The molecule has 0 unspecified atom stereocenters. The van der Waals surface area contributed by atoms with E-state index in [1.54, 1.807) is 0 Å². The van der Waals surface area contributed by atoms with Crippen molar-refractivity contribution in [1.82, 2.24) is 10.3 Å². The SMILES string of the molecule is c1cc2nc(c1)CSCCCNCCCSC2. The lowest BCUT2D eigenvalue weighted by Gasteiger charge is -2.08. The quantitative estimate of drug-likeness (QED) is 0.782. The summed E-state index contributed by atoms with van der Waals surface area (Å²) in [7, 11) is 0. The summed E-state index contributed by atoms with van der Waals surface area (Å²) in [6, 6.07) is 6.43. The summed E-state index contributed by atoms with van der Waals surface area (Å²) in [5.41, 5.74) is 2.47. The van der Waals surface area contributed by atoms with Crippen LogP contribution in [0.5, 0.6) is 0 Å². The van der Waals surface area contributed by atoms with Gasteiger partial charge in [-0.1, -0.05) is 6.07 Å². The zero-order valence-electron chi connectivity index (χ0n) is 10.2. The van der Waals surface area contributed by atoms with Crippen molar-refractivity contribution >= 4 is 23.5 Å². The molecule has 0 saturated heterocycles. The Kier molecular flexibility index (Phi) is 6.24. The van der Waals surface area contributed by atoms with Crippen LogP contribution < -0.4 is 5.32 Å². The van der Waals surface area contributed by atoms with Crippen LogP contribution in [0.4, 0.5) is 0 Å². The van der Waals surface area contributed by atoms with Crippen molar-refractivity contribution in [3.8, 4) is 0 Å². The van der Waals surface area contributed by atoms with Gasteiger partial charge in [-0.15, -0.1) is 0 Å². The Morgan fingerprint density at radius 3 is 2.12 bits per heavy atom. The van der Waals surface area contributed by atoms with Gasteiger partial charge in [-0.2, -0.15) is 23.5 Å². The van der Waals surface area contributed by atoms with E-state index in [-0.39, 0.29) is 0 Å². The van der Waals surface area contributed by atoms with Gasteiger partial charge in [-0.05, 0) is 49.6 Å². The third-order valence-electron chi connectivity index (χ3n) is 2.65. The molecular weight excluding hydrogens is 248 g/mol. The van der Waals surface area contributed by atoms with Gasteiger partial charge in [-0.25, -0.2) is 0 Å². The fourth-order valence-corrected chi connectivity index (χ4v) is 3.49. The minimum atomic E-state index is 1.05. The smallest absolute Gasteiger partial charge is 0.0506 e. The van der Waals surface area contributed by atoms with E-state index in [4.69, 9.17) is 4.98 Å². The van der Waals surface area contributed by atoms with Crippen molar-refractivity contribution in [2.75, 3.05) is 24.6 Å². The minimum absolute atomic E-state index is 1.05. The van der Waals surface area contributed by atoms with Crippen molar-refractivity contribution in [3.63, 3.8) is 0 Å². The maximum atomic E-state index is 4.70. The lowest BCUT2D eigenvalue weighted by atomic mass is 10.3. The third kappa shape index (κ3) is 5.32. The Bertz CT molecular complexity index is 304. The van der Waals surface area contributed by atoms with Gasteiger partial charge >= 0.3 is 0 Å². The topological polar surface area (TPSA) is 24.9 Å². The first-order valence-electron chi connectivity index (χ1n) is 6.26. The second-order valence-electron chi connectivity index (χ2n) is 4.18. The molecule has 0 fully saturated rings. The van der Waals surface area contributed by atoms with Crippen LogP contribution in [0.3, 0.4) is 0 Å². The Hall–Kier alpha value is -0.190. The molecule has 94 valence electrons. The summed E-state index contributed by atoms with van der Waals surface area (Å²) in [5, 5.41) is 3.50. The standard InChI is InChI=1S/C13H20N2S2/c1-4-12-10-16-8-2-6-14-7-3-9-17-11-13(5-1)15-12/h1,4-5,14H,2-3,6-11H2. The van der Waals surface area contributed by atoms with Gasteiger partial charge in [0.25, 0.3) is 0 Å². The summed E-state index contributed by atoms with van der Waals surface area (Å²) in [4.78, 5) is 4.70. The summed E-state index contributed by atoms with van der Waals surface area (Å²) >= 11 is 3.98. The van der Waals surface area contributed by atoms with E-state index in [9.17, 15) is 0 Å². The summed E-state index contributed by atoms with van der Waals surface area (Å²) in [6.07, 6.45) is 2.52. The zero-order chi connectivity index (χ0) is 11.8. The Morgan fingerprint density at radius 1 is 0.941 bits per heavy atom. The lowest BCUT2D eigenvalue weighted by Crippen LogP contribution is -2.17. The highest BCUT2D eigenvalue weighted by molar-refractivity contribution is 7.98. The van der Waals surface area contributed by atoms with Crippen LogP contribution in [0.1, 0.15) is 24.2 Å². The average molecular weight is 268 g/mol. The van der Waals surface area contributed by atoms with E-state index in [2.05, 4.69) is 23.5 Å². The summed E-state index contributed by atoms with van der Waals surface area (Å²) in [6.45, 7) is 2.32. The van der Waals surface area contributed by atoms with Gasteiger partial charge in [0.15, 0.2) is 0 Å². The number of hydrogen-bond acceptors (Lipinski definition) is 4. The molecule has 1 aliphatic rings. The molecule has 0 spiro atoms. The molecule has 0 aromatic carbocycles. The average Bonchev–Trinajstić information content (AvgIpc) is 2.36. The van der Waals surface area contributed by atoms with Gasteiger partial charge < -0.3 is 5.32 Å². The van der Waals surface area contributed by atoms with Gasteiger partial charge in [-0.3, -0.25) is 4.98 Å². The fourth-order valence-electron chi connectivity index (χ4n) is 1.77. The van der Waals surface area contributed by atoms with E-state index in [1.165, 1.54) is 35.7 Å². The molecule has 1 aliphatic heterocycles. The van der Waals surface area contributed by atoms with Gasteiger partial charge in [0.2, 0.25) is 0 Å². The molecular formula is C13H20N2S2. The van der Waals surface area contributed by atoms with Crippen molar-refractivity contribution < 1.29 is 0 Å². The van der Waals surface area contributed by atoms with Crippen LogP contribution in [-0.2, 0) is 11.5 Å². The van der Waals surface area contributed by atoms with E-state index < -0.39 is 0 Å². The first-order chi connectivity index (χ1) is 8.45. The molecule has 0 aliphatic carbocycles. The molecule has 0 radical (unpaired) electrons. The third-order valence-corrected chi connectivity index (χ3v) is 4.80. The maximum absolute atomic E-state index is 4.70. The molecule has 17 heavy (non-hydrogen) atoms. The van der Waals surface area contributed by atoms with Crippen LogP contribution in [-0.4, -0.2) is 29.6 Å². The summed E-state index contributed by atoms with van der Waals surface area (Å²) < 4.78 is 0. The molecule has 0 saturated carbocycles. The molecule has 2 rings (SSSR count). The molecule has 1 N–H and O–H groups in total. The van der Waals surface area contributed by atoms with Gasteiger partial charge in [0.05, 0.1) is 11.4 Å². The number of thioether (sulfide) groups is 2. The number of pyridine rings is 1. The Balaban J connectivity index is 1.91. The monoisotopic (exact) mass is 268 g/mol. The number of fused-ring (bicyclic) bond motifs is 2. The van der Waals surface area contributed by atoms with E-state index in [0.717, 1.165) is 24.6 Å². The molecule has 2 heterocycles. The molecule has 1 aromatic rings. The van der Waals surface area contributed by atoms with Crippen molar-refractivity contribution in [2.24, 2.45) is 0 Å². The molecule has 0 atom stereocenters. The Labute approximate surface area is 112 Å². The zero-order valence-corrected chi connectivity index (χ0v) is 11.8. The first-order valence-corrected chi connectivity index (χ1v) is 8.57. The maximum Gasteiger partial charge on any atom is 0.0506 e. The van der Waals surface area contributed by atoms with E-state index in [0.29, 0.717) is 0 Å². The van der Waals surface area contributed by atoms with Crippen LogP contribution in [0.25, 0.3) is 0 Å². The largest absolute Gasteiger partial charge is 0.317 e. The van der Waals surface area contributed by atoms with Crippen LogP contribution in [0.15, 0.2) is 18.2 Å². The van der Waals surface area contributed by atoms with Gasteiger partial charge in [0, 0.05) is 11.5 Å². The van der Waals surface area contributed by atoms with Crippen LogP contribution >= 0.6 is 23.5 Å².